The Morgan fingerprint density at radius 3 is 2.48 bits per heavy atom. The molecule has 0 aliphatic heterocycles. The van der Waals surface area contributed by atoms with E-state index in [1.54, 1.807) is 0 Å². The summed E-state index contributed by atoms with van der Waals surface area (Å²) in [6, 6.07) is 3.63. The SMILES string of the molecule is Cc1cccc([N+](=O)[O-])c1S(=O)(=O)NC(CCO)C(C)C. The van der Waals surface area contributed by atoms with Crippen LogP contribution in [0.2, 0.25) is 0 Å². The molecule has 0 aliphatic rings. The first kappa shape index (κ1) is 17.5. The van der Waals surface area contributed by atoms with Gasteiger partial charge in [-0.2, -0.15) is 0 Å². The Hall–Kier alpha value is -1.51. The molecule has 0 spiro atoms. The average molecular weight is 316 g/mol. The van der Waals surface area contributed by atoms with Gasteiger partial charge in [-0.15, -0.1) is 0 Å². The van der Waals surface area contributed by atoms with Gasteiger partial charge in [0.15, 0.2) is 4.90 Å². The maximum absolute atomic E-state index is 12.5. The van der Waals surface area contributed by atoms with E-state index in [-0.39, 0.29) is 23.8 Å². The molecule has 1 rings (SSSR count). The van der Waals surface area contributed by atoms with Crippen LogP contribution in [-0.4, -0.2) is 31.1 Å². The first-order valence-corrected chi connectivity index (χ1v) is 8.06. The third kappa shape index (κ3) is 4.23. The number of hydrogen-bond donors (Lipinski definition) is 2. The van der Waals surface area contributed by atoms with Crippen molar-refractivity contribution in [2.75, 3.05) is 6.61 Å². The van der Waals surface area contributed by atoms with Gasteiger partial charge in [-0.1, -0.05) is 26.0 Å². The monoisotopic (exact) mass is 316 g/mol. The Morgan fingerprint density at radius 2 is 2.00 bits per heavy atom. The number of aliphatic hydroxyl groups excluding tert-OH is 1. The largest absolute Gasteiger partial charge is 0.396 e. The lowest BCUT2D eigenvalue weighted by molar-refractivity contribution is -0.387. The van der Waals surface area contributed by atoms with Gasteiger partial charge < -0.3 is 5.11 Å². The van der Waals surface area contributed by atoms with E-state index in [2.05, 4.69) is 4.72 Å². The van der Waals surface area contributed by atoms with Crippen LogP contribution in [0.1, 0.15) is 25.8 Å². The maximum Gasteiger partial charge on any atom is 0.289 e. The van der Waals surface area contributed by atoms with Gasteiger partial charge in [0.05, 0.1) is 4.92 Å². The Kier molecular flexibility index (Phi) is 5.82. The molecule has 8 heteroatoms. The third-order valence-electron chi connectivity index (χ3n) is 3.21. The first-order chi connectivity index (χ1) is 9.70. The highest BCUT2D eigenvalue weighted by Gasteiger charge is 2.30. The number of nitro groups is 1. The van der Waals surface area contributed by atoms with Crippen LogP contribution < -0.4 is 4.72 Å². The fourth-order valence-corrected chi connectivity index (χ4v) is 3.87. The molecular formula is C13H20N2O5S. The predicted octanol–water partition coefficient (Wildman–Crippen LogP) is 1.59. The summed E-state index contributed by atoms with van der Waals surface area (Å²) < 4.78 is 27.4. The van der Waals surface area contributed by atoms with Gasteiger partial charge in [0, 0.05) is 18.7 Å². The van der Waals surface area contributed by atoms with E-state index in [1.807, 2.05) is 13.8 Å². The second kappa shape index (κ2) is 6.97. The van der Waals surface area contributed by atoms with E-state index < -0.39 is 26.7 Å². The number of aryl methyl sites for hydroxylation is 1. The minimum absolute atomic E-state index is 0.0463. The van der Waals surface area contributed by atoms with Gasteiger partial charge in [0.2, 0.25) is 10.0 Å². The number of nitrogens with one attached hydrogen (secondary N) is 1. The Morgan fingerprint density at radius 1 is 1.38 bits per heavy atom. The summed E-state index contributed by atoms with van der Waals surface area (Å²) >= 11 is 0. The molecule has 7 nitrogen and oxygen atoms in total. The van der Waals surface area contributed by atoms with Crippen molar-refractivity contribution in [1.82, 2.24) is 4.72 Å². The van der Waals surface area contributed by atoms with Crippen LogP contribution in [-0.2, 0) is 10.0 Å². The quantitative estimate of drug-likeness (QED) is 0.586. The molecule has 0 radical (unpaired) electrons. The standard InChI is InChI=1S/C13H20N2O5S/c1-9(2)11(7-8-16)14-21(19,20)13-10(3)5-4-6-12(13)15(17)18/h4-6,9,11,14,16H,7-8H2,1-3H3. The van der Waals surface area contributed by atoms with E-state index in [0.29, 0.717) is 5.56 Å². The fourth-order valence-electron chi connectivity index (χ4n) is 2.06. The minimum atomic E-state index is -4.04. The lowest BCUT2D eigenvalue weighted by Gasteiger charge is -2.21. The molecular weight excluding hydrogens is 296 g/mol. The van der Waals surface area contributed by atoms with Crippen molar-refractivity contribution >= 4 is 15.7 Å². The van der Waals surface area contributed by atoms with E-state index in [1.165, 1.54) is 19.1 Å². The third-order valence-corrected chi connectivity index (χ3v) is 4.89. The normalized spacial score (nSPS) is 13.4. The molecule has 0 saturated carbocycles. The number of rotatable bonds is 7. The highest BCUT2D eigenvalue weighted by atomic mass is 32.2. The zero-order valence-corrected chi connectivity index (χ0v) is 13.1. The fraction of sp³-hybridized carbons (Fsp3) is 0.538. The van der Waals surface area contributed by atoms with Crippen molar-refractivity contribution < 1.29 is 18.4 Å². The van der Waals surface area contributed by atoms with Crippen LogP contribution in [0.4, 0.5) is 5.69 Å². The molecule has 0 heterocycles. The molecule has 0 saturated heterocycles. The Labute approximate surface area is 124 Å². The summed E-state index contributed by atoms with van der Waals surface area (Å²) in [6.07, 6.45) is 0.247. The summed E-state index contributed by atoms with van der Waals surface area (Å²) in [7, 11) is -4.04. The first-order valence-electron chi connectivity index (χ1n) is 6.58. The van der Waals surface area contributed by atoms with Crippen molar-refractivity contribution in [1.29, 1.82) is 0 Å². The predicted molar refractivity (Wildman–Crippen MR) is 78.5 cm³/mol. The van der Waals surface area contributed by atoms with Crippen molar-refractivity contribution in [3.63, 3.8) is 0 Å². The Bertz CT molecular complexity index is 613. The van der Waals surface area contributed by atoms with Crippen LogP contribution >= 0.6 is 0 Å². The molecule has 0 amide bonds. The van der Waals surface area contributed by atoms with Gasteiger partial charge in [0.25, 0.3) is 5.69 Å². The zero-order valence-electron chi connectivity index (χ0n) is 12.2. The summed E-state index contributed by atoms with van der Waals surface area (Å²) in [5.41, 5.74) is -0.141. The van der Waals surface area contributed by atoms with Gasteiger partial charge >= 0.3 is 0 Å². The Balaban J connectivity index is 3.28. The average Bonchev–Trinajstić information content (AvgIpc) is 2.37. The van der Waals surface area contributed by atoms with Crippen molar-refractivity contribution in [2.45, 2.75) is 38.1 Å². The van der Waals surface area contributed by atoms with E-state index in [4.69, 9.17) is 5.11 Å². The zero-order chi connectivity index (χ0) is 16.2. The molecule has 0 aliphatic carbocycles. The lowest BCUT2D eigenvalue weighted by atomic mass is 10.0. The molecule has 2 N–H and O–H groups in total. The topological polar surface area (TPSA) is 110 Å². The van der Waals surface area contributed by atoms with Crippen molar-refractivity contribution in [3.8, 4) is 0 Å². The van der Waals surface area contributed by atoms with Crippen molar-refractivity contribution in [2.24, 2.45) is 5.92 Å². The van der Waals surface area contributed by atoms with Crippen molar-refractivity contribution in [3.05, 3.63) is 33.9 Å². The lowest BCUT2D eigenvalue weighted by Crippen LogP contribution is -2.39. The molecule has 118 valence electrons. The van der Waals surface area contributed by atoms with Crippen LogP contribution in [0.25, 0.3) is 0 Å². The number of sulfonamides is 1. The summed E-state index contributed by atoms with van der Waals surface area (Å²) in [5.74, 6) is -0.0463. The molecule has 0 fully saturated rings. The molecule has 1 unspecified atom stereocenters. The molecule has 1 atom stereocenters. The number of benzene rings is 1. The molecule has 1 aromatic carbocycles. The highest BCUT2D eigenvalue weighted by molar-refractivity contribution is 7.89. The summed E-state index contributed by atoms with van der Waals surface area (Å²) in [5, 5.41) is 20.0. The maximum atomic E-state index is 12.5. The van der Waals surface area contributed by atoms with E-state index >= 15 is 0 Å². The smallest absolute Gasteiger partial charge is 0.289 e. The number of nitro benzene ring substituents is 1. The van der Waals surface area contributed by atoms with E-state index in [9.17, 15) is 18.5 Å². The molecule has 0 aromatic heterocycles. The van der Waals surface area contributed by atoms with E-state index in [0.717, 1.165) is 6.07 Å². The second-order valence-electron chi connectivity index (χ2n) is 5.16. The van der Waals surface area contributed by atoms with Gasteiger partial charge in [-0.05, 0) is 24.8 Å². The second-order valence-corrected chi connectivity index (χ2v) is 6.82. The molecule has 0 bridgehead atoms. The highest BCUT2D eigenvalue weighted by Crippen LogP contribution is 2.27. The molecule has 21 heavy (non-hydrogen) atoms. The van der Waals surface area contributed by atoms with Gasteiger partial charge in [-0.25, -0.2) is 13.1 Å². The van der Waals surface area contributed by atoms with Gasteiger partial charge in [0.1, 0.15) is 0 Å². The number of aliphatic hydroxyl groups is 1. The summed E-state index contributed by atoms with van der Waals surface area (Å²) in [6.45, 7) is 4.98. The minimum Gasteiger partial charge on any atom is -0.396 e. The van der Waals surface area contributed by atoms with Crippen LogP contribution in [0.15, 0.2) is 23.1 Å². The number of nitrogens with zero attached hydrogens (tertiary/aromatic N) is 1. The summed E-state index contributed by atoms with van der Waals surface area (Å²) in [4.78, 5) is 10.0. The van der Waals surface area contributed by atoms with Crippen LogP contribution in [0.5, 0.6) is 0 Å². The van der Waals surface area contributed by atoms with Crippen LogP contribution in [0.3, 0.4) is 0 Å². The van der Waals surface area contributed by atoms with Crippen LogP contribution in [0, 0.1) is 23.0 Å². The van der Waals surface area contributed by atoms with Gasteiger partial charge in [-0.3, -0.25) is 10.1 Å². The number of hydrogen-bond acceptors (Lipinski definition) is 5. The molecule has 1 aromatic rings.